The Hall–Kier alpha value is -2.91. The van der Waals surface area contributed by atoms with Crippen molar-refractivity contribution in [2.24, 2.45) is 0 Å². The number of anilines is 2. The molecule has 3 aromatic carbocycles. The standard InChI is InChI=1S/C24H20N2S/c1-2-7-18(8-3-1)19-12-14-20(15-13-19)22-17-27-24(25-22)26-16-6-10-21-9-4-5-11-23(21)26/h1-5,7-9,11-15,17H,6,10,16H2. The molecule has 1 aromatic heterocycles. The van der Waals surface area contributed by atoms with Gasteiger partial charge >= 0.3 is 0 Å². The van der Waals surface area contributed by atoms with E-state index < -0.39 is 0 Å². The van der Waals surface area contributed by atoms with Crippen molar-refractivity contribution in [3.05, 3.63) is 89.8 Å². The van der Waals surface area contributed by atoms with Crippen molar-refractivity contribution in [3.8, 4) is 22.4 Å². The molecule has 3 heteroatoms. The van der Waals surface area contributed by atoms with Gasteiger partial charge in [-0.1, -0.05) is 72.8 Å². The molecule has 0 bridgehead atoms. The highest BCUT2D eigenvalue weighted by Crippen LogP contribution is 2.37. The number of hydrogen-bond acceptors (Lipinski definition) is 3. The van der Waals surface area contributed by atoms with Crippen molar-refractivity contribution < 1.29 is 0 Å². The van der Waals surface area contributed by atoms with Crippen LogP contribution in [0.15, 0.2) is 84.2 Å². The highest BCUT2D eigenvalue weighted by molar-refractivity contribution is 7.14. The molecule has 1 aliphatic rings. The number of nitrogens with zero attached hydrogens (tertiary/aromatic N) is 2. The van der Waals surface area contributed by atoms with Crippen LogP contribution in [0.4, 0.5) is 10.8 Å². The van der Waals surface area contributed by atoms with Crippen LogP contribution in [-0.4, -0.2) is 11.5 Å². The van der Waals surface area contributed by atoms with Gasteiger partial charge in [0.1, 0.15) is 0 Å². The Balaban J connectivity index is 1.43. The van der Waals surface area contributed by atoms with Gasteiger partial charge in [-0.25, -0.2) is 4.98 Å². The Morgan fingerprint density at radius 3 is 2.30 bits per heavy atom. The van der Waals surface area contributed by atoms with Crippen molar-refractivity contribution in [2.45, 2.75) is 12.8 Å². The SMILES string of the molecule is c1ccc(-c2ccc(-c3csc(N4CCCc5ccccc54)n3)cc2)cc1. The Morgan fingerprint density at radius 2 is 1.44 bits per heavy atom. The molecule has 2 nitrogen and oxygen atoms in total. The molecule has 132 valence electrons. The molecule has 27 heavy (non-hydrogen) atoms. The fraction of sp³-hybridized carbons (Fsp3) is 0.125. The molecule has 0 fully saturated rings. The van der Waals surface area contributed by atoms with E-state index in [9.17, 15) is 0 Å². The van der Waals surface area contributed by atoms with Gasteiger partial charge in [-0.05, 0) is 35.6 Å². The number of aryl methyl sites for hydroxylation is 1. The molecule has 0 unspecified atom stereocenters. The molecule has 0 amide bonds. The van der Waals surface area contributed by atoms with Gasteiger partial charge in [0.2, 0.25) is 0 Å². The average molecular weight is 369 g/mol. The summed E-state index contributed by atoms with van der Waals surface area (Å²) in [5.74, 6) is 0. The molecule has 0 radical (unpaired) electrons. The number of para-hydroxylation sites is 1. The first-order valence-corrected chi connectivity index (χ1v) is 10.2. The predicted octanol–water partition coefficient (Wildman–Crippen LogP) is 6.56. The lowest BCUT2D eigenvalue weighted by atomic mass is 10.0. The van der Waals surface area contributed by atoms with Gasteiger partial charge in [0.15, 0.2) is 5.13 Å². The van der Waals surface area contributed by atoms with Crippen molar-refractivity contribution in [2.75, 3.05) is 11.4 Å². The number of benzene rings is 3. The summed E-state index contributed by atoms with van der Waals surface area (Å²) < 4.78 is 0. The molecule has 0 saturated carbocycles. The average Bonchev–Trinajstić information content (AvgIpc) is 3.24. The summed E-state index contributed by atoms with van der Waals surface area (Å²) in [6, 6.07) is 27.9. The Morgan fingerprint density at radius 1 is 0.741 bits per heavy atom. The molecular formula is C24H20N2S. The molecule has 0 N–H and O–H groups in total. The summed E-state index contributed by atoms with van der Waals surface area (Å²) >= 11 is 1.73. The molecule has 2 heterocycles. The van der Waals surface area contributed by atoms with E-state index in [1.165, 1.54) is 34.4 Å². The Bertz CT molecular complexity index is 1050. The van der Waals surface area contributed by atoms with Crippen LogP contribution >= 0.6 is 11.3 Å². The van der Waals surface area contributed by atoms with Gasteiger partial charge in [-0.2, -0.15) is 0 Å². The zero-order valence-corrected chi connectivity index (χ0v) is 15.8. The van der Waals surface area contributed by atoms with Crippen LogP contribution in [0.3, 0.4) is 0 Å². The van der Waals surface area contributed by atoms with Gasteiger partial charge in [-0.15, -0.1) is 11.3 Å². The summed E-state index contributed by atoms with van der Waals surface area (Å²) in [4.78, 5) is 7.32. The third kappa shape index (κ3) is 3.15. The largest absolute Gasteiger partial charge is 0.318 e. The van der Waals surface area contributed by atoms with Crippen molar-refractivity contribution in [1.29, 1.82) is 0 Å². The van der Waals surface area contributed by atoms with E-state index in [1.54, 1.807) is 11.3 Å². The molecule has 0 aliphatic carbocycles. The van der Waals surface area contributed by atoms with Crippen molar-refractivity contribution >= 4 is 22.2 Å². The maximum atomic E-state index is 4.95. The van der Waals surface area contributed by atoms with E-state index >= 15 is 0 Å². The van der Waals surface area contributed by atoms with Crippen LogP contribution in [0, 0.1) is 0 Å². The van der Waals surface area contributed by atoms with Gasteiger partial charge in [0.05, 0.1) is 5.69 Å². The first kappa shape index (κ1) is 16.3. The Kier molecular flexibility index (Phi) is 4.23. The minimum atomic E-state index is 1.04. The topological polar surface area (TPSA) is 16.1 Å². The monoisotopic (exact) mass is 368 g/mol. The molecular weight excluding hydrogens is 348 g/mol. The summed E-state index contributed by atoms with van der Waals surface area (Å²) in [6.07, 6.45) is 2.34. The maximum absolute atomic E-state index is 4.95. The molecule has 5 rings (SSSR count). The van der Waals surface area contributed by atoms with Crippen LogP contribution in [-0.2, 0) is 6.42 Å². The molecule has 0 saturated heterocycles. The summed E-state index contributed by atoms with van der Waals surface area (Å²) in [6.45, 7) is 1.04. The van der Waals surface area contributed by atoms with E-state index in [2.05, 4.69) is 83.1 Å². The second-order valence-electron chi connectivity index (χ2n) is 6.84. The zero-order chi connectivity index (χ0) is 18.1. The van der Waals surface area contributed by atoms with Crippen LogP contribution in [0.5, 0.6) is 0 Å². The normalized spacial score (nSPS) is 13.4. The first-order chi connectivity index (χ1) is 13.4. The van der Waals surface area contributed by atoms with Gasteiger partial charge in [0, 0.05) is 23.2 Å². The van der Waals surface area contributed by atoms with Gasteiger partial charge < -0.3 is 4.90 Å². The zero-order valence-electron chi connectivity index (χ0n) is 15.0. The number of rotatable bonds is 3. The van der Waals surface area contributed by atoms with Crippen LogP contribution in [0.2, 0.25) is 0 Å². The summed E-state index contributed by atoms with van der Waals surface area (Å²) in [5, 5.41) is 3.26. The van der Waals surface area contributed by atoms with E-state index in [0.29, 0.717) is 0 Å². The van der Waals surface area contributed by atoms with E-state index in [1.807, 2.05) is 6.07 Å². The lowest BCUT2D eigenvalue weighted by molar-refractivity contribution is 0.765. The van der Waals surface area contributed by atoms with Crippen LogP contribution in [0.25, 0.3) is 22.4 Å². The van der Waals surface area contributed by atoms with Crippen molar-refractivity contribution in [3.63, 3.8) is 0 Å². The second kappa shape index (κ2) is 7.01. The lowest BCUT2D eigenvalue weighted by Crippen LogP contribution is -2.24. The summed E-state index contributed by atoms with van der Waals surface area (Å²) in [7, 11) is 0. The molecule has 4 aromatic rings. The third-order valence-electron chi connectivity index (χ3n) is 5.12. The van der Waals surface area contributed by atoms with Gasteiger partial charge in [-0.3, -0.25) is 0 Å². The third-order valence-corrected chi connectivity index (χ3v) is 5.98. The smallest absolute Gasteiger partial charge is 0.190 e. The number of aromatic nitrogens is 1. The number of hydrogen-bond donors (Lipinski definition) is 0. The quantitative estimate of drug-likeness (QED) is 0.407. The fourth-order valence-corrected chi connectivity index (χ4v) is 4.59. The highest BCUT2D eigenvalue weighted by Gasteiger charge is 2.20. The maximum Gasteiger partial charge on any atom is 0.190 e. The Labute approximate surface area is 163 Å². The fourth-order valence-electron chi connectivity index (χ4n) is 3.72. The molecule has 1 aliphatic heterocycles. The van der Waals surface area contributed by atoms with E-state index in [-0.39, 0.29) is 0 Å². The second-order valence-corrected chi connectivity index (χ2v) is 7.68. The lowest BCUT2D eigenvalue weighted by Gasteiger charge is -2.28. The van der Waals surface area contributed by atoms with Crippen molar-refractivity contribution in [1.82, 2.24) is 4.98 Å². The number of thiazole rings is 1. The first-order valence-electron chi connectivity index (χ1n) is 9.35. The van der Waals surface area contributed by atoms with Crippen LogP contribution < -0.4 is 4.90 Å². The van der Waals surface area contributed by atoms with E-state index in [0.717, 1.165) is 23.8 Å². The minimum absolute atomic E-state index is 1.04. The predicted molar refractivity (Wildman–Crippen MR) is 115 cm³/mol. The summed E-state index contributed by atoms with van der Waals surface area (Å²) in [5.41, 5.74) is 7.43. The minimum Gasteiger partial charge on any atom is -0.318 e. The van der Waals surface area contributed by atoms with E-state index in [4.69, 9.17) is 4.98 Å². The van der Waals surface area contributed by atoms with Crippen LogP contribution in [0.1, 0.15) is 12.0 Å². The van der Waals surface area contributed by atoms with Gasteiger partial charge in [0.25, 0.3) is 0 Å². The molecule has 0 atom stereocenters. The number of fused-ring (bicyclic) bond motifs is 1. The molecule has 0 spiro atoms. The highest BCUT2D eigenvalue weighted by atomic mass is 32.1.